The second-order valence-electron chi connectivity index (χ2n) is 5.22. The van der Waals surface area contributed by atoms with E-state index in [1.165, 1.54) is 37.8 Å². The summed E-state index contributed by atoms with van der Waals surface area (Å²) in [6, 6.07) is 11.5. The van der Waals surface area contributed by atoms with Gasteiger partial charge in [-0.1, -0.05) is 36.8 Å². The van der Waals surface area contributed by atoms with Crippen LogP contribution in [0.15, 0.2) is 30.3 Å². The summed E-state index contributed by atoms with van der Waals surface area (Å²) >= 11 is 0. The third kappa shape index (κ3) is 3.55. The molecule has 0 radical (unpaired) electrons. The maximum absolute atomic E-state index is 6.19. The average Bonchev–Trinajstić information content (AvgIpc) is 2.27. The van der Waals surface area contributed by atoms with Gasteiger partial charge in [0, 0.05) is 12.1 Å². The van der Waals surface area contributed by atoms with E-state index in [2.05, 4.69) is 36.2 Å². The summed E-state index contributed by atoms with van der Waals surface area (Å²) in [5.74, 6) is 0. The molecule has 1 saturated carbocycles. The molecule has 2 nitrogen and oxygen atoms in total. The Kier molecular flexibility index (Phi) is 4.57. The van der Waals surface area contributed by atoms with Crippen molar-refractivity contribution >= 4 is 0 Å². The first kappa shape index (κ1) is 12.6. The van der Waals surface area contributed by atoms with Crippen LogP contribution < -0.4 is 5.73 Å². The van der Waals surface area contributed by atoms with Gasteiger partial charge in [0.25, 0.3) is 0 Å². The molecule has 0 spiro atoms. The lowest BCUT2D eigenvalue weighted by Gasteiger charge is -2.34. The minimum atomic E-state index is 0.200. The fourth-order valence-corrected chi connectivity index (χ4v) is 2.44. The lowest BCUT2D eigenvalue weighted by molar-refractivity contribution is 0.156. The summed E-state index contributed by atoms with van der Waals surface area (Å²) in [4.78, 5) is 2.50. The van der Waals surface area contributed by atoms with Crippen LogP contribution in [0.1, 0.15) is 43.7 Å². The van der Waals surface area contributed by atoms with Crippen molar-refractivity contribution in [1.29, 1.82) is 0 Å². The third-order valence-corrected chi connectivity index (χ3v) is 3.95. The summed E-state index contributed by atoms with van der Waals surface area (Å²) in [5, 5.41) is 0. The first-order valence-electron chi connectivity index (χ1n) is 6.78. The highest BCUT2D eigenvalue weighted by Gasteiger charge is 2.21. The number of nitrogens with two attached hydrogens (primary N) is 1. The molecule has 17 heavy (non-hydrogen) atoms. The molecule has 0 aromatic heterocycles. The fraction of sp³-hybridized carbons (Fsp3) is 0.600. The summed E-state index contributed by atoms with van der Waals surface area (Å²) in [5.41, 5.74) is 7.45. The Labute approximate surface area is 105 Å². The second-order valence-corrected chi connectivity index (χ2v) is 5.22. The van der Waals surface area contributed by atoms with Gasteiger partial charge in [-0.15, -0.1) is 0 Å². The number of hydrogen-bond acceptors (Lipinski definition) is 2. The van der Waals surface area contributed by atoms with E-state index in [-0.39, 0.29) is 6.04 Å². The zero-order valence-corrected chi connectivity index (χ0v) is 10.8. The van der Waals surface area contributed by atoms with Crippen LogP contribution in [0.5, 0.6) is 0 Å². The molecule has 1 fully saturated rings. The molecule has 1 unspecified atom stereocenters. The largest absolute Gasteiger partial charge is 0.324 e. The highest BCUT2D eigenvalue weighted by atomic mass is 15.1. The number of nitrogens with zero attached hydrogens (tertiary/aromatic N) is 1. The van der Waals surface area contributed by atoms with Gasteiger partial charge in [0.15, 0.2) is 0 Å². The van der Waals surface area contributed by atoms with Gasteiger partial charge in [-0.3, -0.25) is 0 Å². The molecule has 0 saturated heterocycles. The average molecular weight is 232 g/mol. The molecule has 1 atom stereocenters. The SMILES string of the molecule is CN(CCCC(N)c1ccccc1)C1CCC1. The van der Waals surface area contributed by atoms with Crippen molar-refractivity contribution in [1.82, 2.24) is 4.90 Å². The lowest BCUT2D eigenvalue weighted by Crippen LogP contribution is -2.37. The highest BCUT2D eigenvalue weighted by molar-refractivity contribution is 5.18. The van der Waals surface area contributed by atoms with E-state index in [1.54, 1.807) is 0 Å². The summed E-state index contributed by atoms with van der Waals surface area (Å²) in [6.45, 7) is 1.19. The third-order valence-electron chi connectivity index (χ3n) is 3.95. The molecule has 1 aromatic rings. The normalized spacial score (nSPS) is 18.1. The number of rotatable bonds is 6. The molecule has 0 heterocycles. The monoisotopic (exact) mass is 232 g/mol. The van der Waals surface area contributed by atoms with Gasteiger partial charge < -0.3 is 10.6 Å². The van der Waals surface area contributed by atoms with Crippen molar-refractivity contribution < 1.29 is 0 Å². The van der Waals surface area contributed by atoms with E-state index < -0.39 is 0 Å². The molecule has 1 aliphatic rings. The van der Waals surface area contributed by atoms with E-state index in [9.17, 15) is 0 Å². The summed E-state index contributed by atoms with van der Waals surface area (Å²) < 4.78 is 0. The maximum atomic E-state index is 6.19. The quantitative estimate of drug-likeness (QED) is 0.817. The van der Waals surface area contributed by atoms with Crippen molar-refractivity contribution in [3.8, 4) is 0 Å². The second kappa shape index (κ2) is 6.18. The van der Waals surface area contributed by atoms with Crippen molar-refractivity contribution in [2.75, 3.05) is 13.6 Å². The van der Waals surface area contributed by atoms with Crippen molar-refractivity contribution in [2.45, 2.75) is 44.2 Å². The Balaban J connectivity index is 1.67. The van der Waals surface area contributed by atoms with Gasteiger partial charge >= 0.3 is 0 Å². The van der Waals surface area contributed by atoms with Gasteiger partial charge in [-0.05, 0) is 44.8 Å². The Hall–Kier alpha value is -0.860. The van der Waals surface area contributed by atoms with Crippen LogP contribution in [-0.4, -0.2) is 24.5 Å². The standard InChI is InChI=1S/C15H24N2/c1-17(14-9-5-10-14)12-6-11-15(16)13-7-3-2-4-8-13/h2-4,7-8,14-15H,5-6,9-12,16H2,1H3. The molecule has 2 N–H and O–H groups in total. The molecule has 94 valence electrons. The van der Waals surface area contributed by atoms with Crippen LogP contribution in [0.2, 0.25) is 0 Å². The van der Waals surface area contributed by atoms with Gasteiger partial charge in [-0.2, -0.15) is 0 Å². The maximum Gasteiger partial charge on any atom is 0.0295 e. The predicted molar refractivity (Wildman–Crippen MR) is 72.9 cm³/mol. The first-order chi connectivity index (χ1) is 8.27. The zero-order valence-electron chi connectivity index (χ0n) is 10.8. The minimum Gasteiger partial charge on any atom is -0.324 e. The van der Waals surface area contributed by atoms with Gasteiger partial charge in [-0.25, -0.2) is 0 Å². The first-order valence-corrected chi connectivity index (χ1v) is 6.78. The molecule has 1 aromatic carbocycles. The van der Waals surface area contributed by atoms with Gasteiger partial charge in [0.2, 0.25) is 0 Å². The molecule has 2 heteroatoms. The Bertz CT molecular complexity index is 319. The Morgan fingerprint density at radius 1 is 1.29 bits per heavy atom. The van der Waals surface area contributed by atoms with Crippen LogP contribution >= 0.6 is 0 Å². The van der Waals surface area contributed by atoms with E-state index in [4.69, 9.17) is 5.73 Å². The van der Waals surface area contributed by atoms with E-state index in [0.29, 0.717) is 0 Å². The molecule has 0 aliphatic heterocycles. The minimum absolute atomic E-state index is 0.200. The smallest absolute Gasteiger partial charge is 0.0295 e. The topological polar surface area (TPSA) is 29.3 Å². The van der Waals surface area contributed by atoms with E-state index in [1.807, 2.05) is 6.07 Å². The fourth-order valence-electron chi connectivity index (χ4n) is 2.44. The van der Waals surface area contributed by atoms with Crippen LogP contribution in [0.3, 0.4) is 0 Å². The van der Waals surface area contributed by atoms with Gasteiger partial charge in [0.1, 0.15) is 0 Å². The van der Waals surface area contributed by atoms with Crippen molar-refractivity contribution in [3.63, 3.8) is 0 Å². The highest BCUT2D eigenvalue weighted by Crippen LogP contribution is 2.24. The Morgan fingerprint density at radius 2 is 2.00 bits per heavy atom. The Morgan fingerprint density at radius 3 is 2.59 bits per heavy atom. The predicted octanol–water partition coefficient (Wildman–Crippen LogP) is 2.95. The molecule has 0 bridgehead atoms. The van der Waals surface area contributed by atoms with Crippen LogP contribution in [-0.2, 0) is 0 Å². The molecule has 0 amide bonds. The molecule has 1 aliphatic carbocycles. The van der Waals surface area contributed by atoms with Crippen molar-refractivity contribution in [3.05, 3.63) is 35.9 Å². The van der Waals surface area contributed by atoms with E-state index in [0.717, 1.165) is 12.5 Å². The van der Waals surface area contributed by atoms with Crippen molar-refractivity contribution in [2.24, 2.45) is 5.73 Å². The molecular formula is C15H24N2. The summed E-state index contributed by atoms with van der Waals surface area (Å²) in [7, 11) is 2.25. The summed E-state index contributed by atoms with van der Waals surface area (Å²) in [6.07, 6.45) is 6.48. The lowest BCUT2D eigenvalue weighted by atomic mass is 9.91. The number of hydrogen-bond donors (Lipinski definition) is 1. The van der Waals surface area contributed by atoms with Crippen LogP contribution in [0.4, 0.5) is 0 Å². The number of benzene rings is 1. The van der Waals surface area contributed by atoms with Crippen LogP contribution in [0.25, 0.3) is 0 Å². The van der Waals surface area contributed by atoms with Gasteiger partial charge in [0.05, 0.1) is 0 Å². The molecule has 2 rings (SSSR count). The molecular weight excluding hydrogens is 208 g/mol. The van der Waals surface area contributed by atoms with Crippen LogP contribution in [0, 0.1) is 0 Å². The zero-order chi connectivity index (χ0) is 12.1. The van der Waals surface area contributed by atoms with E-state index >= 15 is 0 Å².